The average molecular weight is 652 g/mol. The Labute approximate surface area is 229 Å². The van der Waals surface area contributed by atoms with Gasteiger partial charge in [0.2, 0.25) is 0 Å². The molecule has 2 aliphatic rings. The van der Waals surface area contributed by atoms with Crippen molar-refractivity contribution in [1.29, 1.82) is 0 Å². The molecule has 0 N–H and O–H groups in total. The Morgan fingerprint density at radius 2 is 1.00 bits per heavy atom. The van der Waals surface area contributed by atoms with Crippen molar-refractivity contribution in [1.82, 2.24) is 0 Å². The van der Waals surface area contributed by atoms with Crippen LogP contribution in [0.25, 0.3) is 0 Å². The van der Waals surface area contributed by atoms with Crippen LogP contribution in [0, 0.1) is 23.7 Å². The zero-order valence-corrected chi connectivity index (χ0v) is 21.8. The standard InChI is InChI=1S/C24H28F16O2/c1-2-12-3-5-13(6-4-12)14-7-9-15(10-8-14)16(41)42-11-18(27,28)20(31,32)22(35,36)24(39,40)23(37,38)21(33,34)19(29,30)17(25)26/h12-15,17H,2-11H2,1H3. The van der Waals surface area contributed by atoms with Crippen molar-refractivity contribution in [3.8, 4) is 0 Å². The van der Waals surface area contributed by atoms with E-state index in [9.17, 15) is 75.0 Å². The molecule has 2 nitrogen and oxygen atoms in total. The summed E-state index contributed by atoms with van der Waals surface area (Å²) in [5.41, 5.74) is 0. The van der Waals surface area contributed by atoms with E-state index in [1.54, 1.807) is 0 Å². The molecule has 248 valence electrons. The minimum atomic E-state index is -8.46. The van der Waals surface area contributed by atoms with Crippen LogP contribution in [-0.4, -0.2) is 60.5 Å². The number of alkyl halides is 16. The van der Waals surface area contributed by atoms with Crippen LogP contribution in [0.2, 0.25) is 0 Å². The average Bonchev–Trinajstić information content (AvgIpc) is 2.91. The van der Waals surface area contributed by atoms with E-state index in [0.717, 1.165) is 32.1 Å². The van der Waals surface area contributed by atoms with Crippen molar-refractivity contribution in [2.45, 2.75) is 113 Å². The van der Waals surface area contributed by atoms with Gasteiger partial charge in [-0.1, -0.05) is 26.2 Å². The maximum atomic E-state index is 14.0. The van der Waals surface area contributed by atoms with Gasteiger partial charge < -0.3 is 4.74 Å². The molecule has 42 heavy (non-hydrogen) atoms. The number of hydrogen-bond donors (Lipinski definition) is 0. The number of hydrogen-bond acceptors (Lipinski definition) is 2. The Morgan fingerprint density at radius 3 is 1.40 bits per heavy atom. The molecule has 18 heteroatoms. The molecular weight excluding hydrogens is 624 g/mol. The second-order valence-corrected chi connectivity index (χ2v) is 10.9. The molecule has 0 bridgehead atoms. The first-order valence-corrected chi connectivity index (χ1v) is 12.9. The SMILES string of the molecule is CCC1CCC(C2CCC(C(=O)OCC(F)(F)C(F)(F)C(F)(F)C(F)(F)C(F)(F)C(F)(F)C(F)(F)C(F)F)CC2)CC1. The fourth-order valence-corrected chi connectivity index (χ4v) is 5.43. The van der Waals surface area contributed by atoms with Gasteiger partial charge in [-0.05, 0) is 56.3 Å². The molecule has 0 aromatic heterocycles. The van der Waals surface area contributed by atoms with Crippen molar-refractivity contribution in [3.05, 3.63) is 0 Å². The van der Waals surface area contributed by atoms with Gasteiger partial charge in [-0.25, -0.2) is 8.78 Å². The summed E-state index contributed by atoms with van der Waals surface area (Å²) in [4.78, 5) is 12.1. The fraction of sp³-hybridized carbons (Fsp3) is 0.958. The maximum Gasteiger partial charge on any atom is 0.385 e. The number of carbonyl (C=O) groups is 1. The maximum absolute atomic E-state index is 14.0. The van der Waals surface area contributed by atoms with E-state index < -0.39 is 66.4 Å². The zero-order chi connectivity index (χ0) is 32.7. The first-order chi connectivity index (χ1) is 18.8. The fourth-order valence-electron chi connectivity index (χ4n) is 5.43. The number of rotatable bonds is 12. The van der Waals surface area contributed by atoms with Crippen LogP contribution in [0.3, 0.4) is 0 Å². The highest BCUT2D eigenvalue weighted by Gasteiger charge is 2.93. The molecule has 2 fully saturated rings. The van der Waals surface area contributed by atoms with Gasteiger partial charge in [-0.15, -0.1) is 0 Å². The van der Waals surface area contributed by atoms with E-state index in [1.165, 1.54) is 0 Å². The lowest BCUT2D eigenvalue weighted by Crippen LogP contribution is -2.74. The van der Waals surface area contributed by atoms with E-state index in [4.69, 9.17) is 0 Å². The van der Waals surface area contributed by atoms with Crippen LogP contribution < -0.4 is 0 Å². The van der Waals surface area contributed by atoms with Crippen molar-refractivity contribution in [2.75, 3.05) is 6.61 Å². The van der Waals surface area contributed by atoms with Gasteiger partial charge in [0.1, 0.15) is 0 Å². The lowest BCUT2D eigenvalue weighted by molar-refractivity contribution is -0.447. The Hall–Kier alpha value is -1.65. The summed E-state index contributed by atoms with van der Waals surface area (Å²) >= 11 is 0. The predicted molar refractivity (Wildman–Crippen MR) is 113 cm³/mol. The number of carbonyl (C=O) groups excluding carboxylic acids is 1. The molecule has 2 rings (SSSR count). The Kier molecular flexibility index (Phi) is 10.5. The van der Waals surface area contributed by atoms with Crippen molar-refractivity contribution in [3.63, 3.8) is 0 Å². The Bertz CT molecular complexity index is 919. The second kappa shape index (κ2) is 12.0. The lowest BCUT2D eigenvalue weighted by atomic mass is 9.69. The third-order valence-corrected chi connectivity index (χ3v) is 8.37. The molecule has 2 aliphatic carbocycles. The molecule has 0 amide bonds. The molecule has 0 atom stereocenters. The van der Waals surface area contributed by atoms with Gasteiger partial charge in [0.25, 0.3) is 0 Å². The van der Waals surface area contributed by atoms with Gasteiger partial charge in [-0.2, -0.15) is 61.5 Å². The van der Waals surface area contributed by atoms with E-state index >= 15 is 0 Å². The second-order valence-electron chi connectivity index (χ2n) is 10.9. The summed E-state index contributed by atoms with van der Waals surface area (Å²) in [6, 6.07) is 0. The third-order valence-electron chi connectivity index (χ3n) is 8.37. The van der Waals surface area contributed by atoms with Crippen molar-refractivity contribution in [2.24, 2.45) is 23.7 Å². The molecule has 0 spiro atoms. The van der Waals surface area contributed by atoms with E-state index in [1.807, 2.05) is 0 Å². The van der Waals surface area contributed by atoms with Crippen LogP contribution in [0.5, 0.6) is 0 Å². The summed E-state index contributed by atoms with van der Waals surface area (Å²) in [6.45, 7) is -1.06. The van der Waals surface area contributed by atoms with Crippen molar-refractivity contribution >= 4 is 5.97 Å². The molecule has 0 unspecified atom stereocenters. The van der Waals surface area contributed by atoms with Crippen molar-refractivity contribution < 1.29 is 79.8 Å². The lowest BCUT2D eigenvalue weighted by Gasteiger charge is -2.42. The van der Waals surface area contributed by atoms with E-state index in [-0.39, 0.29) is 18.8 Å². The minimum absolute atomic E-state index is 0.00700. The third kappa shape index (κ3) is 6.01. The molecule has 0 aliphatic heterocycles. The largest absolute Gasteiger partial charge is 0.459 e. The normalized spacial score (nSPS) is 26.0. The Morgan fingerprint density at radius 1 is 0.619 bits per heavy atom. The quantitative estimate of drug-likeness (QED) is 0.155. The number of halogens is 16. The highest BCUT2D eigenvalue weighted by Crippen LogP contribution is 2.62. The molecule has 2 saturated carbocycles. The van der Waals surface area contributed by atoms with Gasteiger partial charge in [0, 0.05) is 0 Å². The van der Waals surface area contributed by atoms with Crippen LogP contribution in [0.1, 0.15) is 64.7 Å². The van der Waals surface area contributed by atoms with Gasteiger partial charge in [0.05, 0.1) is 5.92 Å². The molecule has 0 saturated heterocycles. The van der Waals surface area contributed by atoms with Crippen LogP contribution in [-0.2, 0) is 9.53 Å². The summed E-state index contributed by atoms with van der Waals surface area (Å²) in [5, 5.41) is 0. The topological polar surface area (TPSA) is 26.3 Å². The molecule has 0 aromatic rings. The molecule has 0 heterocycles. The highest BCUT2D eigenvalue weighted by atomic mass is 19.4. The molecular formula is C24H28F16O2. The summed E-state index contributed by atoms with van der Waals surface area (Å²) in [5.74, 6) is -57.0. The highest BCUT2D eigenvalue weighted by molar-refractivity contribution is 5.72. The molecule has 0 radical (unpaired) electrons. The smallest absolute Gasteiger partial charge is 0.385 e. The summed E-state index contributed by atoms with van der Waals surface area (Å²) in [6.07, 6.45) is -0.248. The summed E-state index contributed by atoms with van der Waals surface area (Å²) in [7, 11) is 0. The number of ether oxygens (including phenoxy) is 1. The number of esters is 1. The van der Waals surface area contributed by atoms with E-state index in [2.05, 4.69) is 11.7 Å². The summed E-state index contributed by atoms with van der Waals surface area (Å²) < 4.78 is 219. The Balaban J connectivity index is 2.12. The van der Waals surface area contributed by atoms with Crippen LogP contribution in [0.4, 0.5) is 70.2 Å². The van der Waals surface area contributed by atoms with Crippen LogP contribution in [0.15, 0.2) is 0 Å². The van der Waals surface area contributed by atoms with Gasteiger partial charge in [-0.3, -0.25) is 4.79 Å². The first kappa shape index (κ1) is 36.5. The minimum Gasteiger partial charge on any atom is -0.459 e. The van der Waals surface area contributed by atoms with E-state index in [0.29, 0.717) is 24.7 Å². The van der Waals surface area contributed by atoms with Gasteiger partial charge >= 0.3 is 53.9 Å². The first-order valence-electron chi connectivity index (χ1n) is 12.9. The predicted octanol–water partition coefficient (Wildman–Crippen LogP) is 9.26. The zero-order valence-electron chi connectivity index (χ0n) is 21.8. The monoisotopic (exact) mass is 652 g/mol. The van der Waals surface area contributed by atoms with Gasteiger partial charge in [0.15, 0.2) is 6.61 Å². The van der Waals surface area contributed by atoms with Crippen LogP contribution >= 0.6 is 0 Å². The molecule has 0 aromatic carbocycles.